The fourth-order valence-electron chi connectivity index (χ4n) is 1.03. The summed E-state index contributed by atoms with van der Waals surface area (Å²) in [7, 11) is 2.43. The molecule has 0 saturated carbocycles. The van der Waals surface area contributed by atoms with E-state index in [0.29, 0.717) is 0 Å². The van der Waals surface area contributed by atoms with Crippen molar-refractivity contribution in [2.75, 3.05) is 14.2 Å². The highest BCUT2D eigenvalue weighted by Gasteiger charge is 2.18. The van der Waals surface area contributed by atoms with Crippen molar-refractivity contribution in [1.82, 2.24) is 4.98 Å². The van der Waals surface area contributed by atoms with Gasteiger partial charge in [0, 0.05) is 6.07 Å². The van der Waals surface area contributed by atoms with E-state index in [2.05, 4.69) is 14.5 Å². The Morgan fingerprint density at radius 1 is 1.36 bits per heavy atom. The molecule has 4 nitrogen and oxygen atoms in total. The van der Waals surface area contributed by atoms with Gasteiger partial charge in [0.05, 0.1) is 19.8 Å². The van der Waals surface area contributed by atoms with Crippen molar-refractivity contribution in [2.45, 2.75) is 6.43 Å². The van der Waals surface area contributed by atoms with Crippen LogP contribution in [-0.4, -0.2) is 19.2 Å². The van der Waals surface area contributed by atoms with Gasteiger partial charge < -0.3 is 9.47 Å². The van der Waals surface area contributed by atoms with Gasteiger partial charge in [-0.1, -0.05) is 0 Å². The number of ether oxygens (including phenoxy) is 2. The van der Waals surface area contributed by atoms with Gasteiger partial charge in [0.25, 0.3) is 12.0 Å². The predicted octanol–water partition coefficient (Wildman–Crippen LogP) is 1.33. The number of aromatic nitrogens is 1. The highest BCUT2D eigenvalue weighted by Crippen LogP contribution is 2.27. The zero-order valence-electron chi connectivity index (χ0n) is 7.64. The van der Waals surface area contributed by atoms with Gasteiger partial charge in [-0.25, -0.2) is 8.78 Å². The Kier molecular flexibility index (Phi) is 3.06. The zero-order chi connectivity index (χ0) is 10.7. The minimum absolute atomic E-state index is 0.0221. The second kappa shape index (κ2) is 4.08. The van der Waals surface area contributed by atoms with Gasteiger partial charge in [0.2, 0.25) is 0 Å². The number of methoxy groups -OCH3 is 2. The van der Waals surface area contributed by atoms with Crippen LogP contribution >= 0.6 is 0 Å². The van der Waals surface area contributed by atoms with Crippen molar-refractivity contribution in [2.24, 2.45) is 0 Å². The molecule has 0 atom stereocenters. The van der Waals surface area contributed by atoms with Gasteiger partial charge in [-0.15, -0.1) is 0 Å². The van der Waals surface area contributed by atoms with Crippen LogP contribution in [0.1, 0.15) is 12.0 Å². The van der Waals surface area contributed by atoms with Gasteiger partial charge >= 0.3 is 0 Å². The molecule has 0 fully saturated rings. The summed E-state index contributed by atoms with van der Waals surface area (Å²) in [5.74, 6) is -0.410. The van der Waals surface area contributed by atoms with Crippen molar-refractivity contribution in [3.63, 3.8) is 0 Å². The summed E-state index contributed by atoms with van der Waals surface area (Å²) >= 11 is 0. The van der Waals surface area contributed by atoms with E-state index in [1.54, 1.807) is 0 Å². The van der Waals surface area contributed by atoms with Crippen LogP contribution in [0.5, 0.6) is 11.6 Å². The highest BCUT2D eigenvalue weighted by molar-refractivity contribution is 5.35. The Labute approximate surface area is 78.5 Å². The molecular weight excluding hydrogens is 196 g/mol. The highest BCUT2D eigenvalue weighted by atomic mass is 19.3. The molecular formula is C8H9F2NO3. The lowest BCUT2D eigenvalue weighted by molar-refractivity contribution is 0.146. The maximum Gasteiger partial charge on any atom is 0.293 e. The topological polar surface area (TPSA) is 51.3 Å². The normalized spacial score (nSPS) is 10.4. The second-order valence-corrected chi connectivity index (χ2v) is 2.46. The maximum atomic E-state index is 12.4. The molecule has 0 aliphatic carbocycles. The predicted molar refractivity (Wildman–Crippen MR) is 45.1 cm³/mol. The molecule has 14 heavy (non-hydrogen) atoms. The van der Waals surface area contributed by atoms with Gasteiger partial charge in [-0.3, -0.25) is 9.78 Å². The van der Waals surface area contributed by atoms with Crippen molar-refractivity contribution in [1.29, 1.82) is 0 Å². The van der Waals surface area contributed by atoms with E-state index in [1.165, 1.54) is 7.11 Å². The van der Waals surface area contributed by atoms with Crippen molar-refractivity contribution in [3.8, 4) is 11.6 Å². The molecule has 1 aromatic rings. The fraction of sp³-hybridized carbons (Fsp3) is 0.375. The second-order valence-electron chi connectivity index (χ2n) is 2.46. The van der Waals surface area contributed by atoms with Crippen molar-refractivity contribution < 1.29 is 18.3 Å². The summed E-state index contributed by atoms with van der Waals surface area (Å²) in [5, 5.41) is 0. The van der Waals surface area contributed by atoms with Crippen LogP contribution in [0.2, 0.25) is 0 Å². The van der Waals surface area contributed by atoms with Crippen molar-refractivity contribution >= 4 is 0 Å². The molecule has 0 aromatic carbocycles. The lowest BCUT2D eigenvalue weighted by Gasteiger charge is -2.08. The number of hydrogen-bond acceptors (Lipinski definition) is 3. The average molecular weight is 205 g/mol. The first-order valence-corrected chi connectivity index (χ1v) is 3.73. The first-order chi connectivity index (χ1) is 6.60. The Hall–Kier alpha value is -1.59. The molecule has 0 amide bonds. The molecule has 0 spiro atoms. The molecule has 0 aliphatic heterocycles. The molecule has 0 unspecified atom stereocenters. The Morgan fingerprint density at radius 3 is 2.43 bits per heavy atom. The third-order valence-corrected chi connectivity index (χ3v) is 1.65. The van der Waals surface area contributed by atoms with Crippen LogP contribution in [0.4, 0.5) is 8.78 Å². The summed E-state index contributed by atoms with van der Waals surface area (Å²) in [6, 6.07) is 1.03. The quantitative estimate of drug-likeness (QED) is 0.809. The van der Waals surface area contributed by atoms with E-state index in [-0.39, 0.29) is 11.6 Å². The number of halogens is 2. The number of nitrogens with one attached hydrogen (secondary N) is 1. The summed E-state index contributed by atoms with van der Waals surface area (Å²) in [4.78, 5) is 13.4. The Bertz CT molecular complexity index is 375. The summed E-state index contributed by atoms with van der Waals surface area (Å²) in [6.45, 7) is 0. The number of alkyl halides is 2. The Balaban J connectivity index is 3.36. The third kappa shape index (κ3) is 1.84. The van der Waals surface area contributed by atoms with Gasteiger partial charge in [0.15, 0.2) is 11.6 Å². The third-order valence-electron chi connectivity index (χ3n) is 1.65. The van der Waals surface area contributed by atoms with E-state index in [9.17, 15) is 13.6 Å². The maximum absolute atomic E-state index is 12.4. The van der Waals surface area contributed by atoms with Gasteiger partial charge in [-0.2, -0.15) is 0 Å². The summed E-state index contributed by atoms with van der Waals surface area (Å²) in [5.41, 5.74) is -1.21. The van der Waals surface area contributed by atoms with E-state index in [0.717, 1.165) is 13.2 Å². The van der Waals surface area contributed by atoms with Gasteiger partial charge in [-0.05, 0) is 0 Å². The zero-order valence-corrected chi connectivity index (χ0v) is 7.64. The molecule has 1 aromatic heterocycles. The van der Waals surface area contributed by atoms with E-state index in [4.69, 9.17) is 0 Å². The number of aromatic amines is 1. The standard InChI is InChI=1S/C8H9F2NO3/c1-13-5-3-4(7(9)10)6(14-2)8(12)11-5/h3,7H,1-2H3,(H,11,12). The van der Waals surface area contributed by atoms with Gasteiger partial charge in [0.1, 0.15) is 0 Å². The van der Waals surface area contributed by atoms with Crippen LogP contribution in [0.15, 0.2) is 10.9 Å². The van der Waals surface area contributed by atoms with Crippen LogP contribution in [0.25, 0.3) is 0 Å². The van der Waals surface area contributed by atoms with Crippen LogP contribution < -0.4 is 15.0 Å². The van der Waals surface area contributed by atoms with Crippen LogP contribution in [-0.2, 0) is 0 Å². The Morgan fingerprint density at radius 2 is 2.00 bits per heavy atom. The molecule has 1 rings (SSSR count). The molecule has 1 N–H and O–H groups in total. The number of rotatable bonds is 3. The first kappa shape index (κ1) is 10.5. The van der Waals surface area contributed by atoms with Crippen molar-refractivity contribution in [3.05, 3.63) is 22.0 Å². The minimum atomic E-state index is -2.78. The molecule has 78 valence electrons. The van der Waals surface area contributed by atoms with E-state index >= 15 is 0 Å². The van der Waals surface area contributed by atoms with Crippen LogP contribution in [0, 0.1) is 0 Å². The monoisotopic (exact) mass is 205 g/mol. The average Bonchev–Trinajstić information content (AvgIpc) is 2.16. The summed E-state index contributed by atoms with van der Waals surface area (Å²) < 4.78 is 34.0. The largest absolute Gasteiger partial charge is 0.491 e. The molecule has 0 aliphatic rings. The van der Waals surface area contributed by atoms with E-state index < -0.39 is 17.5 Å². The lowest BCUT2D eigenvalue weighted by Crippen LogP contribution is -2.13. The smallest absolute Gasteiger partial charge is 0.293 e. The number of hydrogen-bond donors (Lipinski definition) is 1. The molecule has 1 heterocycles. The SMILES string of the molecule is COc1cc(C(F)F)c(OC)c(=O)[nH]1. The van der Waals surface area contributed by atoms with Crippen LogP contribution in [0.3, 0.4) is 0 Å². The summed E-state index contributed by atoms with van der Waals surface area (Å²) in [6.07, 6.45) is -2.78. The molecule has 0 radical (unpaired) electrons. The lowest BCUT2D eigenvalue weighted by atomic mass is 10.2. The first-order valence-electron chi connectivity index (χ1n) is 3.73. The fourth-order valence-corrected chi connectivity index (χ4v) is 1.03. The van der Waals surface area contributed by atoms with E-state index in [1.807, 2.05) is 0 Å². The molecule has 6 heteroatoms. The number of pyridine rings is 1. The minimum Gasteiger partial charge on any atom is -0.491 e. The molecule has 0 bridgehead atoms. The number of H-pyrrole nitrogens is 1. The molecule has 0 saturated heterocycles.